The van der Waals surface area contributed by atoms with Crippen LogP contribution in [0.25, 0.3) is 0 Å². The van der Waals surface area contributed by atoms with Crippen LogP contribution in [0.1, 0.15) is 36.7 Å². The Balaban J connectivity index is 2.95. The van der Waals surface area contributed by atoms with Crippen molar-refractivity contribution in [2.24, 2.45) is 5.92 Å². The highest BCUT2D eigenvalue weighted by atomic mass is 32.2. The van der Waals surface area contributed by atoms with Crippen molar-refractivity contribution in [3.05, 3.63) is 76.8 Å². The Kier molecular flexibility index (Phi) is 9.24. The van der Waals surface area contributed by atoms with E-state index < -0.39 is 15.9 Å². The van der Waals surface area contributed by atoms with Crippen molar-refractivity contribution in [3.63, 3.8) is 0 Å². The number of carbonyl (C=O) groups is 2. The number of hydrogen-bond acceptors (Lipinski definition) is 5. The Hall–Kier alpha value is -2.97. The number of amides is 1. The van der Waals surface area contributed by atoms with E-state index in [2.05, 4.69) is 4.72 Å². The van der Waals surface area contributed by atoms with Crippen LogP contribution < -0.4 is 10.2 Å². The van der Waals surface area contributed by atoms with E-state index in [4.69, 9.17) is 5.21 Å². The van der Waals surface area contributed by atoms with Crippen molar-refractivity contribution in [1.29, 1.82) is 0 Å². The van der Waals surface area contributed by atoms with Crippen molar-refractivity contribution in [2.45, 2.75) is 27.7 Å². The summed E-state index contributed by atoms with van der Waals surface area (Å²) in [5.41, 5.74) is 3.10. The topological polar surface area (TPSA) is 113 Å². The first-order valence-corrected chi connectivity index (χ1v) is 10.3. The van der Waals surface area contributed by atoms with Gasteiger partial charge in [0.25, 0.3) is 15.9 Å². The summed E-state index contributed by atoms with van der Waals surface area (Å²) in [4.78, 5) is 22.7. The Labute approximate surface area is 171 Å². The fourth-order valence-corrected chi connectivity index (χ4v) is 3.27. The number of rotatable bonds is 9. The second-order valence-electron chi connectivity index (χ2n) is 6.29. The minimum absolute atomic E-state index is 0.0840. The minimum atomic E-state index is -3.76. The summed E-state index contributed by atoms with van der Waals surface area (Å²) in [5, 5.41) is 8.51. The molecule has 1 unspecified atom stereocenters. The monoisotopic (exact) mass is 418 g/mol. The van der Waals surface area contributed by atoms with Gasteiger partial charge in [0.1, 0.15) is 0 Å². The predicted molar refractivity (Wildman–Crippen MR) is 114 cm³/mol. The molecule has 0 spiro atoms. The van der Waals surface area contributed by atoms with E-state index in [1.54, 1.807) is 55.5 Å². The highest BCUT2D eigenvalue weighted by Crippen LogP contribution is 2.19. The summed E-state index contributed by atoms with van der Waals surface area (Å²) in [6, 6.07) is 4.74. The lowest BCUT2D eigenvalue weighted by Crippen LogP contribution is -2.15. The molecule has 1 amide bonds. The fourth-order valence-electron chi connectivity index (χ4n) is 2.42. The molecule has 0 saturated carbocycles. The van der Waals surface area contributed by atoms with Gasteiger partial charge in [-0.05, 0) is 57.5 Å². The lowest BCUT2D eigenvalue weighted by molar-refractivity contribution is -0.124. The zero-order chi connectivity index (χ0) is 22.0. The molecule has 0 aliphatic heterocycles. The summed E-state index contributed by atoms with van der Waals surface area (Å²) in [5.74, 6) is -0.990. The maximum Gasteiger partial charge on any atom is 0.267 e. The lowest BCUT2D eigenvalue weighted by Gasteiger charge is -2.10. The van der Waals surface area contributed by atoms with Crippen molar-refractivity contribution in [1.82, 2.24) is 5.48 Å². The smallest absolute Gasteiger partial charge is 0.267 e. The highest BCUT2D eigenvalue weighted by molar-refractivity contribution is 7.96. The van der Waals surface area contributed by atoms with Crippen LogP contribution in [0.4, 0.5) is 5.69 Å². The maximum atomic E-state index is 12.5. The zero-order valence-electron chi connectivity index (χ0n) is 16.8. The molecule has 7 nitrogen and oxygen atoms in total. The van der Waals surface area contributed by atoms with Crippen molar-refractivity contribution in [3.8, 4) is 0 Å². The third kappa shape index (κ3) is 7.89. The van der Waals surface area contributed by atoms with E-state index in [0.29, 0.717) is 16.8 Å². The quantitative estimate of drug-likeness (QED) is 0.141. The number of ketones is 1. The second-order valence-corrected chi connectivity index (χ2v) is 8.15. The number of benzene rings is 1. The Morgan fingerprint density at radius 1 is 1.14 bits per heavy atom. The van der Waals surface area contributed by atoms with Crippen LogP contribution >= 0.6 is 0 Å². The molecule has 0 aliphatic carbocycles. The predicted octanol–water partition coefficient (Wildman–Crippen LogP) is 3.65. The molecule has 0 aliphatic rings. The summed E-state index contributed by atoms with van der Waals surface area (Å²) < 4.78 is 27.5. The molecule has 1 aromatic rings. The average molecular weight is 419 g/mol. The molecular formula is C21H26N2O5S. The number of hydrogen-bond donors (Lipinski definition) is 3. The molecule has 1 atom stereocenters. The minimum Gasteiger partial charge on any atom is -0.295 e. The summed E-state index contributed by atoms with van der Waals surface area (Å²) >= 11 is 0. The van der Waals surface area contributed by atoms with E-state index in [9.17, 15) is 18.0 Å². The molecule has 8 heteroatoms. The SMILES string of the molecule is C/C=C\C(/C=C/C=C(\C)S(=O)(=O)Nc1ccc(C(C)=O)c(C)c1)/C=C/C(=O)NO. The van der Waals surface area contributed by atoms with Crippen LogP contribution in [-0.4, -0.2) is 25.3 Å². The standard InChI is InChI=1S/C21H26N2O5S/c1-5-7-18(10-13-21(25)22-26)9-6-8-16(3)29(27,28)23-19-11-12-20(17(4)24)15(2)14-19/h5-14,18,23,26H,1-4H3,(H,22,25)/b7-5-,9-6+,13-10+,16-8+. The van der Waals surface area contributed by atoms with Gasteiger partial charge in [0.15, 0.2) is 5.78 Å². The van der Waals surface area contributed by atoms with Crippen LogP contribution in [0, 0.1) is 12.8 Å². The molecule has 0 fully saturated rings. The number of allylic oxidation sites excluding steroid dienone is 7. The first kappa shape index (κ1) is 24.1. The largest absolute Gasteiger partial charge is 0.295 e. The van der Waals surface area contributed by atoms with Gasteiger partial charge in [-0.3, -0.25) is 19.5 Å². The molecule has 1 aromatic carbocycles. The number of carbonyl (C=O) groups excluding carboxylic acids is 2. The van der Waals surface area contributed by atoms with E-state index in [1.165, 1.54) is 31.5 Å². The van der Waals surface area contributed by atoms with Crippen molar-refractivity contribution >= 4 is 27.4 Å². The van der Waals surface area contributed by atoms with Gasteiger partial charge in [0, 0.05) is 23.2 Å². The normalized spacial score (nSPS) is 13.9. The number of Topliss-reactive ketones (excluding diaryl/α,β-unsaturated/α-hetero) is 1. The van der Waals surface area contributed by atoms with Crippen LogP contribution in [0.5, 0.6) is 0 Å². The molecule has 3 N–H and O–H groups in total. The van der Waals surface area contributed by atoms with Gasteiger partial charge in [0.2, 0.25) is 0 Å². The molecule has 0 radical (unpaired) electrons. The average Bonchev–Trinajstić information content (AvgIpc) is 2.64. The molecule has 0 saturated heterocycles. The molecule has 0 bridgehead atoms. The third-order valence-electron chi connectivity index (χ3n) is 3.94. The van der Waals surface area contributed by atoms with Crippen LogP contribution in [0.3, 0.4) is 0 Å². The van der Waals surface area contributed by atoms with Gasteiger partial charge < -0.3 is 0 Å². The van der Waals surface area contributed by atoms with Crippen LogP contribution in [-0.2, 0) is 14.8 Å². The van der Waals surface area contributed by atoms with Gasteiger partial charge in [-0.25, -0.2) is 13.9 Å². The first-order chi connectivity index (χ1) is 13.6. The molecule has 0 aromatic heterocycles. The van der Waals surface area contributed by atoms with E-state index in [1.807, 2.05) is 6.92 Å². The number of hydroxylamine groups is 1. The third-order valence-corrected chi connectivity index (χ3v) is 5.43. The van der Waals surface area contributed by atoms with Crippen molar-refractivity contribution < 1.29 is 23.2 Å². The summed E-state index contributed by atoms with van der Waals surface area (Å²) in [7, 11) is -3.76. The van der Waals surface area contributed by atoms with Crippen LogP contribution in [0.2, 0.25) is 0 Å². The van der Waals surface area contributed by atoms with E-state index in [0.717, 1.165) is 0 Å². The molecule has 29 heavy (non-hydrogen) atoms. The summed E-state index contributed by atoms with van der Waals surface area (Å²) in [6.07, 6.45) is 11.0. The first-order valence-electron chi connectivity index (χ1n) is 8.85. The van der Waals surface area contributed by atoms with Gasteiger partial charge in [0.05, 0.1) is 4.91 Å². The number of nitrogens with one attached hydrogen (secondary N) is 2. The number of sulfonamides is 1. The van der Waals surface area contributed by atoms with Crippen molar-refractivity contribution in [2.75, 3.05) is 4.72 Å². The zero-order valence-corrected chi connectivity index (χ0v) is 17.7. The molecular weight excluding hydrogens is 392 g/mol. The Morgan fingerprint density at radius 2 is 1.83 bits per heavy atom. The molecule has 156 valence electrons. The van der Waals surface area contributed by atoms with E-state index >= 15 is 0 Å². The number of anilines is 1. The highest BCUT2D eigenvalue weighted by Gasteiger charge is 2.14. The second kappa shape index (κ2) is 11.1. The Bertz CT molecular complexity index is 973. The van der Waals surface area contributed by atoms with Gasteiger partial charge in [-0.1, -0.05) is 30.4 Å². The lowest BCUT2D eigenvalue weighted by atomic mass is 10.1. The van der Waals surface area contributed by atoms with E-state index in [-0.39, 0.29) is 16.6 Å². The number of aryl methyl sites for hydroxylation is 1. The maximum absolute atomic E-state index is 12.5. The molecule has 0 heterocycles. The van der Waals surface area contributed by atoms with Gasteiger partial charge in [-0.15, -0.1) is 0 Å². The van der Waals surface area contributed by atoms with Crippen LogP contribution in [0.15, 0.2) is 65.6 Å². The van der Waals surface area contributed by atoms with Gasteiger partial charge >= 0.3 is 0 Å². The summed E-state index contributed by atoms with van der Waals surface area (Å²) in [6.45, 7) is 6.47. The molecule has 1 rings (SSSR count). The van der Waals surface area contributed by atoms with Gasteiger partial charge in [-0.2, -0.15) is 0 Å². The fraction of sp³-hybridized carbons (Fsp3) is 0.238. The Morgan fingerprint density at radius 3 is 2.38 bits per heavy atom.